The third kappa shape index (κ3) is 2.81. The van der Waals surface area contributed by atoms with Crippen LogP contribution < -0.4 is 5.32 Å². The molecule has 6 heteroatoms. The van der Waals surface area contributed by atoms with Crippen molar-refractivity contribution in [1.29, 1.82) is 0 Å². The minimum Gasteiger partial charge on any atom is -0.462 e. The lowest BCUT2D eigenvalue weighted by Crippen LogP contribution is -2.44. The van der Waals surface area contributed by atoms with Crippen molar-refractivity contribution < 1.29 is 19.1 Å². The molecule has 6 nitrogen and oxygen atoms in total. The van der Waals surface area contributed by atoms with Crippen LogP contribution in [0.4, 0.5) is 4.79 Å². The number of ether oxygens (including phenoxy) is 1. The van der Waals surface area contributed by atoms with Crippen molar-refractivity contribution in [1.82, 2.24) is 10.2 Å². The maximum atomic E-state index is 12.7. The Morgan fingerprint density at radius 3 is 2.45 bits per heavy atom. The first-order valence-electron chi connectivity index (χ1n) is 7.30. The van der Waals surface area contributed by atoms with E-state index in [0.717, 1.165) is 4.90 Å². The Morgan fingerprint density at radius 2 is 1.91 bits per heavy atom. The predicted octanol–water partition coefficient (Wildman–Crippen LogP) is 1.80. The molecule has 0 aromatic heterocycles. The third-order valence-corrected chi connectivity index (χ3v) is 3.63. The molecule has 1 heterocycles. The molecular weight excluding hydrogens is 284 g/mol. The molecule has 2 rings (SSSR count). The Hall–Kier alpha value is -2.37. The first kappa shape index (κ1) is 16.0. The lowest BCUT2D eigenvalue weighted by molar-refractivity contribution is -0.151. The molecule has 1 fully saturated rings. The van der Waals surface area contributed by atoms with Crippen LogP contribution in [0.5, 0.6) is 0 Å². The third-order valence-electron chi connectivity index (χ3n) is 3.63. The van der Waals surface area contributed by atoms with Crippen LogP contribution in [0, 0.1) is 0 Å². The Morgan fingerprint density at radius 1 is 1.27 bits per heavy atom. The van der Waals surface area contributed by atoms with Gasteiger partial charge in [0.25, 0.3) is 5.91 Å². The maximum absolute atomic E-state index is 12.7. The maximum Gasteiger partial charge on any atom is 0.326 e. The lowest BCUT2D eigenvalue weighted by Gasteiger charge is -2.25. The zero-order valence-corrected chi connectivity index (χ0v) is 13.0. The van der Waals surface area contributed by atoms with Crippen molar-refractivity contribution in [3.05, 3.63) is 35.9 Å². The summed E-state index contributed by atoms with van der Waals surface area (Å²) in [6.45, 7) is 4.87. The SMILES string of the molecule is CCC1(c2ccccc2)NC(=O)N(CC(=O)OC(C)C)C1=O. The fourth-order valence-electron chi connectivity index (χ4n) is 2.56. The van der Waals surface area contributed by atoms with E-state index in [1.54, 1.807) is 26.0 Å². The number of hydrogen-bond acceptors (Lipinski definition) is 4. The Labute approximate surface area is 129 Å². The van der Waals surface area contributed by atoms with Gasteiger partial charge in [-0.05, 0) is 25.8 Å². The molecule has 1 aromatic carbocycles. The van der Waals surface area contributed by atoms with Crippen LogP contribution in [0.3, 0.4) is 0 Å². The number of amides is 3. The average Bonchev–Trinajstić information content (AvgIpc) is 2.72. The summed E-state index contributed by atoms with van der Waals surface area (Å²) < 4.78 is 5.00. The number of carbonyl (C=O) groups excluding carboxylic acids is 3. The number of carbonyl (C=O) groups is 3. The first-order valence-corrected chi connectivity index (χ1v) is 7.30. The monoisotopic (exact) mass is 304 g/mol. The second-order valence-corrected chi connectivity index (χ2v) is 5.48. The number of rotatable bonds is 5. The molecule has 1 saturated heterocycles. The summed E-state index contributed by atoms with van der Waals surface area (Å²) in [5, 5.41) is 2.72. The number of esters is 1. The van der Waals surface area contributed by atoms with Gasteiger partial charge in [-0.1, -0.05) is 37.3 Å². The summed E-state index contributed by atoms with van der Waals surface area (Å²) in [6, 6.07) is 8.46. The molecule has 118 valence electrons. The lowest BCUT2D eigenvalue weighted by atomic mass is 9.87. The summed E-state index contributed by atoms with van der Waals surface area (Å²) >= 11 is 0. The van der Waals surface area contributed by atoms with Gasteiger partial charge >= 0.3 is 12.0 Å². The molecule has 1 aliphatic heterocycles. The number of hydrogen-bond donors (Lipinski definition) is 1. The number of imide groups is 1. The summed E-state index contributed by atoms with van der Waals surface area (Å²) in [6.07, 6.45) is 0.107. The van der Waals surface area contributed by atoms with Crippen LogP contribution in [-0.2, 0) is 19.9 Å². The molecule has 0 saturated carbocycles. The smallest absolute Gasteiger partial charge is 0.326 e. The van der Waals surface area contributed by atoms with Gasteiger partial charge in [-0.25, -0.2) is 4.79 Å². The standard InChI is InChI=1S/C16H20N2O4/c1-4-16(12-8-6-5-7-9-12)14(20)18(15(21)17-16)10-13(19)22-11(2)3/h5-9,11H,4,10H2,1-3H3,(H,17,21). The summed E-state index contributed by atoms with van der Waals surface area (Å²) in [7, 11) is 0. The van der Waals surface area contributed by atoms with E-state index < -0.39 is 23.4 Å². The van der Waals surface area contributed by atoms with E-state index in [-0.39, 0.29) is 12.6 Å². The molecule has 1 aromatic rings. The first-order chi connectivity index (χ1) is 10.4. The molecule has 0 bridgehead atoms. The van der Waals surface area contributed by atoms with Gasteiger partial charge in [-0.3, -0.25) is 14.5 Å². The number of urea groups is 1. The van der Waals surface area contributed by atoms with E-state index in [1.807, 2.05) is 25.1 Å². The summed E-state index contributed by atoms with van der Waals surface area (Å²) in [5.41, 5.74) is -0.410. The second kappa shape index (κ2) is 6.17. The molecule has 1 atom stereocenters. The van der Waals surface area contributed by atoms with E-state index in [1.165, 1.54) is 0 Å². The molecular formula is C16H20N2O4. The van der Waals surface area contributed by atoms with Crippen molar-refractivity contribution in [3.8, 4) is 0 Å². The minimum absolute atomic E-state index is 0.293. The van der Waals surface area contributed by atoms with Gasteiger partial charge in [-0.15, -0.1) is 0 Å². The molecule has 1 aliphatic rings. The van der Waals surface area contributed by atoms with E-state index in [2.05, 4.69) is 5.32 Å². The van der Waals surface area contributed by atoms with Gasteiger partial charge in [0.15, 0.2) is 0 Å². The van der Waals surface area contributed by atoms with E-state index in [0.29, 0.717) is 12.0 Å². The molecule has 1 N–H and O–H groups in total. The topological polar surface area (TPSA) is 75.7 Å². The van der Waals surface area contributed by atoms with Crippen molar-refractivity contribution in [2.24, 2.45) is 0 Å². The van der Waals surface area contributed by atoms with Gasteiger partial charge in [0.2, 0.25) is 0 Å². The highest BCUT2D eigenvalue weighted by atomic mass is 16.5. The number of nitrogens with zero attached hydrogens (tertiary/aromatic N) is 1. The van der Waals surface area contributed by atoms with Crippen LogP contribution >= 0.6 is 0 Å². The van der Waals surface area contributed by atoms with Gasteiger partial charge in [0, 0.05) is 0 Å². The molecule has 3 amide bonds. The van der Waals surface area contributed by atoms with Crippen LogP contribution in [0.1, 0.15) is 32.8 Å². The molecule has 0 radical (unpaired) electrons. The Kier molecular flexibility index (Phi) is 4.49. The number of benzene rings is 1. The van der Waals surface area contributed by atoms with Crippen molar-refractivity contribution in [3.63, 3.8) is 0 Å². The van der Waals surface area contributed by atoms with Gasteiger partial charge in [-0.2, -0.15) is 0 Å². The molecule has 22 heavy (non-hydrogen) atoms. The van der Waals surface area contributed by atoms with Gasteiger partial charge in [0.05, 0.1) is 6.10 Å². The van der Waals surface area contributed by atoms with Gasteiger partial charge in [0.1, 0.15) is 12.1 Å². The summed E-state index contributed by atoms with van der Waals surface area (Å²) in [4.78, 5) is 37.5. The predicted molar refractivity (Wildman–Crippen MR) is 79.9 cm³/mol. The van der Waals surface area contributed by atoms with Crippen molar-refractivity contribution in [2.45, 2.75) is 38.8 Å². The second-order valence-electron chi connectivity index (χ2n) is 5.48. The van der Waals surface area contributed by atoms with E-state index in [4.69, 9.17) is 4.74 Å². The molecule has 0 spiro atoms. The fourth-order valence-corrected chi connectivity index (χ4v) is 2.56. The largest absolute Gasteiger partial charge is 0.462 e. The van der Waals surface area contributed by atoms with Crippen LogP contribution in [0.25, 0.3) is 0 Å². The average molecular weight is 304 g/mol. The highest BCUT2D eigenvalue weighted by molar-refractivity contribution is 6.09. The fraction of sp³-hybridized carbons (Fsp3) is 0.438. The van der Waals surface area contributed by atoms with Crippen LogP contribution in [0.2, 0.25) is 0 Å². The number of nitrogens with one attached hydrogen (secondary N) is 1. The molecule has 1 unspecified atom stereocenters. The Bertz CT molecular complexity index is 585. The zero-order valence-electron chi connectivity index (χ0n) is 13.0. The van der Waals surface area contributed by atoms with E-state index in [9.17, 15) is 14.4 Å². The van der Waals surface area contributed by atoms with Crippen molar-refractivity contribution in [2.75, 3.05) is 6.54 Å². The highest BCUT2D eigenvalue weighted by Crippen LogP contribution is 2.32. The zero-order chi connectivity index (χ0) is 16.3. The Balaban J connectivity index is 2.25. The normalized spacial score (nSPS) is 21.2. The van der Waals surface area contributed by atoms with E-state index >= 15 is 0 Å². The van der Waals surface area contributed by atoms with Crippen molar-refractivity contribution >= 4 is 17.9 Å². The van der Waals surface area contributed by atoms with Gasteiger partial charge < -0.3 is 10.1 Å². The minimum atomic E-state index is -1.11. The van der Waals surface area contributed by atoms with Crippen LogP contribution in [-0.4, -0.2) is 35.5 Å². The highest BCUT2D eigenvalue weighted by Gasteiger charge is 2.51. The summed E-state index contributed by atoms with van der Waals surface area (Å²) in [5.74, 6) is -1.02. The van der Waals surface area contributed by atoms with Crippen LogP contribution in [0.15, 0.2) is 30.3 Å². The molecule has 0 aliphatic carbocycles. The quantitative estimate of drug-likeness (QED) is 0.665.